The predicted octanol–water partition coefficient (Wildman–Crippen LogP) is 2.52. The van der Waals surface area contributed by atoms with Gasteiger partial charge < -0.3 is 0 Å². The van der Waals surface area contributed by atoms with E-state index in [4.69, 9.17) is 0 Å². The Balaban J connectivity index is 2.45. The second-order valence-electron chi connectivity index (χ2n) is 1.47. The second-order valence-corrected chi connectivity index (χ2v) is 3.00. The minimum absolute atomic E-state index is 1.05. The molecule has 0 aliphatic carbocycles. The van der Waals surface area contributed by atoms with Crippen molar-refractivity contribution in [3.8, 4) is 0 Å². The molecule has 0 aliphatic rings. The van der Waals surface area contributed by atoms with Gasteiger partial charge in [0, 0.05) is 0 Å². The van der Waals surface area contributed by atoms with Crippen LogP contribution in [0, 0.1) is 0 Å². The molecule has 0 heterocycles. The van der Waals surface area contributed by atoms with Crippen LogP contribution in [0.15, 0.2) is 0 Å². The van der Waals surface area contributed by atoms with Crippen molar-refractivity contribution in [2.75, 3.05) is 10.2 Å². The summed E-state index contributed by atoms with van der Waals surface area (Å²) in [6.07, 6.45) is 4.00. The summed E-state index contributed by atoms with van der Waals surface area (Å²) in [6.45, 7) is 0. The van der Waals surface area contributed by atoms with Gasteiger partial charge in [-0.25, -0.2) is 0 Å². The van der Waals surface area contributed by atoms with Crippen LogP contribution in [-0.4, -0.2) is 10.2 Å². The first kappa shape index (κ1) is 8.08. The number of hydrogen-bond acceptors (Lipinski definition) is 1. The van der Waals surface area contributed by atoms with Crippen LogP contribution in [-0.2, 0) is 0 Å². The van der Waals surface area contributed by atoms with E-state index in [1.165, 1.54) is 23.7 Å². The van der Waals surface area contributed by atoms with E-state index >= 15 is 0 Å². The number of unbranched alkanes of at least 4 members (excludes halogenated alkanes) is 2. The van der Waals surface area contributed by atoms with Gasteiger partial charge in [0.25, 0.3) is 0 Å². The third kappa shape index (κ3) is 7.08. The zero-order chi connectivity index (χ0) is 5.54. The Kier molecular flexibility index (Phi) is 8.17. The Bertz CT molecular complexity index is 27.3. The Morgan fingerprint density at radius 1 is 1.14 bits per heavy atom. The maximum atomic E-state index is 4.09. The zero-order valence-electron chi connectivity index (χ0n) is 4.36. The third-order valence-corrected chi connectivity index (χ3v) is 1.87. The van der Waals surface area contributed by atoms with Crippen molar-refractivity contribution in [3.63, 3.8) is 0 Å². The first-order chi connectivity index (χ1) is 3.41. The Labute approximate surface area is 64.6 Å². The molecule has 0 rings (SSSR count). The molecular weight excluding hydrogens is 219 g/mol. The van der Waals surface area contributed by atoms with Gasteiger partial charge in [0.1, 0.15) is 0 Å². The van der Waals surface area contributed by atoms with Crippen molar-refractivity contribution in [3.05, 3.63) is 0 Å². The van der Waals surface area contributed by atoms with Crippen molar-refractivity contribution in [2.24, 2.45) is 0 Å². The maximum Gasteiger partial charge on any atom is -0.000472 e. The summed E-state index contributed by atoms with van der Waals surface area (Å²) < 4.78 is 1.30. The van der Waals surface area contributed by atoms with Gasteiger partial charge in [0.15, 0.2) is 0 Å². The van der Waals surface area contributed by atoms with Crippen molar-refractivity contribution >= 4 is 35.2 Å². The van der Waals surface area contributed by atoms with Crippen molar-refractivity contribution < 1.29 is 0 Å². The highest BCUT2D eigenvalue weighted by Crippen LogP contribution is 1.98. The smallest absolute Gasteiger partial charge is 0.000472 e. The molecule has 44 valence electrons. The summed E-state index contributed by atoms with van der Waals surface area (Å²) >= 11 is 6.49. The molecule has 0 aromatic heterocycles. The zero-order valence-corrected chi connectivity index (χ0v) is 7.41. The summed E-state index contributed by atoms with van der Waals surface area (Å²) in [6, 6.07) is 0. The summed E-state index contributed by atoms with van der Waals surface area (Å²) in [7, 11) is 0. The van der Waals surface area contributed by atoms with Crippen molar-refractivity contribution in [1.82, 2.24) is 0 Å². The molecule has 0 nitrogen and oxygen atoms in total. The van der Waals surface area contributed by atoms with Gasteiger partial charge in [0.05, 0.1) is 0 Å². The minimum atomic E-state index is 1.05. The fraction of sp³-hybridized carbons (Fsp3) is 1.00. The Morgan fingerprint density at radius 3 is 2.29 bits per heavy atom. The first-order valence-corrected chi connectivity index (χ1v) is 4.74. The molecule has 0 aliphatic heterocycles. The van der Waals surface area contributed by atoms with Crippen LogP contribution < -0.4 is 0 Å². The molecule has 0 saturated carbocycles. The lowest BCUT2D eigenvalue weighted by atomic mass is 10.3. The molecule has 0 atom stereocenters. The van der Waals surface area contributed by atoms with E-state index in [-0.39, 0.29) is 0 Å². The molecular formula is C5H11IS. The molecule has 0 radical (unpaired) electrons. The van der Waals surface area contributed by atoms with Gasteiger partial charge in [-0.3, -0.25) is 0 Å². The molecule has 0 aromatic carbocycles. The van der Waals surface area contributed by atoms with Crippen LogP contribution in [0.25, 0.3) is 0 Å². The van der Waals surface area contributed by atoms with Gasteiger partial charge in [-0.15, -0.1) is 0 Å². The molecule has 0 saturated heterocycles. The molecule has 0 bridgehead atoms. The molecule has 0 amide bonds. The standard InChI is InChI=1S/C5H11IS/c6-4-2-1-3-5-7/h7H,1-5H2. The summed E-state index contributed by atoms with van der Waals surface area (Å²) in [5.41, 5.74) is 0. The fourth-order valence-electron chi connectivity index (χ4n) is 0.383. The molecule has 0 aromatic rings. The predicted molar refractivity (Wildman–Crippen MR) is 46.6 cm³/mol. The lowest BCUT2D eigenvalue weighted by Crippen LogP contribution is -1.76. The fourth-order valence-corrected chi connectivity index (χ4v) is 1.15. The van der Waals surface area contributed by atoms with Crippen LogP contribution in [0.5, 0.6) is 0 Å². The van der Waals surface area contributed by atoms with Gasteiger partial charge >= 0.3 is 0 Å². The van der Waals surface area contributed by atoms with E-state index in [0.717, 1.165) is 5.75 Å². The number of rotatable bonds is 4. The van der Waals surface area contributed by atoms with E-state index in [1.807, 2.05) is 0 Å². The monoisotopic (exact) mass is 230 g/mol. The van der Waals surface area contributed by atoms with E-state index in [2.05, 4.69) is 35.2 Å². The van der Waals surface area contributed by atoms with Gasteiger partial charge in [-0.05, 0) is 23.0 Å². The molecule has 0 fully saturated rings. The SMILES string of the molecule is SCCCCCI. The summed E-state index contributed by atoms with van der Waals surface area (Å²) in [4.78, 5) is 0. The van der Waals surface area contributed by atoms with Crippen molar-refractivity contribution in [1.29, 1.82) is 0 Å². The molecule has 0 unspecified atom stereocenters. The average molecular weight is 230 g/mol. The Hall–Kier alpha value is 1.08. The number of alkyl halides is 1. The summed E-state index contributed by atoms with van der Waals surface area (Å²) in [5, 5.41) is 0. The number of halogens is 1. The van der Waals surface area contributed by atoms with E-state index in [0.29, 0.717) is 0 Å². The molecule has 0 N–H and O–H groups in total. The van der Waals surface area contributed by atoms with Gasteiger partial charge in [-0.2, -0.15) is 12.6 Å². The van der Waals surface area contributed by atoms with Gasteiger partial charge in [-0.1, -0.05) is 29.0 Å². The lowest BCUT2D eigenvalue weighted by molar-refractivity contribution is 0.793. The number of hydrogen-bond donors (Lipinski definition) is 1. The largest absolute Gasteiger partial charge is 0.179 e. The first-order valence-electron chi connectivity index (χ1n) is 2.58. The highest BCUT2D eigenvalue weighted by molar-refractivity contribution is 14.1. The van der Waals surface area contributed by atoms with E-state index in [9.17, 15) is 0 Å². The third-order valence-electron chi connectivity index (χ3n) is 0.792. The van der Waals surface area contributed by atoms with Crippen LogP contribution in [0.1, 0.15) is 19.3 Å². The second kappa shape index (κ2) is 7.08. The quantitative estimate of drug-likeness (QED) is 0.326. The topological polar surface area (TPSA) is 0 Å². The molecule has 2 heteroatoms. The van der Waals surface area contributed by atoms with E-state index in [1.54, 1.807) is 0 Å². The van der Waals surface area contributed by atoms with Gasteiger partial charge in [0.2, 0.25) is 0 Å². The Morgan fingerprint density at radius 2 is 1.86 bits per heavy atom. The van der Waals surface area contributed by atoms with Crippen LogP contribution in [0.3, 0.4) is 0 Å². The van der Waals surface area contributed by atoms with Crippen LogP contribution in [0.2, 0.25) is 0 Å². The lowest BCUT2D eigenvalue weighted by Gasteiger charge is -1.89. The molecule has 0 spiro atoms. The van der Waals surface area contributed by atoms with E-state index < -0.39 is 0 Å². The van der Waals surface area contributed by atoms with Crippen molar-refractivity contribution in [2.45, 2.75) is 19.3 Å². The average Bonchev–Trinajstić information content (AvgIpc) is 1.69. The molecule has 7 heavy (non-hydrogen) atoms. The minimum Gasteiger partial charge on any atom is -0.179 e. The van der Waals surface area contributed by atoms with Crippen LogP contribution in [0.4, 0.5) is 0 Å². The maximum absolute atomic E-state index is 4.09. The highest BCUT2D eigenvalue weighted by atomic mass is 127. The summed E-state index contributed by atoms with van der Waals surface area (Å²) in [5.74, 6) is 1.05. The normalized spacial score (nSPS) is 9.43. The van der Waals surface area contributed by atoms with Crippen LogP contribution >= 0.6 is 35.2 Å². The number of thiol groups is 1. The highest BCUT2D eigenvalue weighted by Gasteiger charge is 1.81.